The minimum atomic E-state index is -0.596. The van der Waals surface area contributed by atoms with Crippen LogP contribution in [0.25, 0.3) is 0 Å². The molecule has 0 aliphatic rings. The van der Waals surface area contributed by atoms with Gasteiger partial charge in [0.05, 0.1) is 5.69 Å². The highest BCUT2D eigenvalue weighted by atomic mass is 16.5. The van der Waals surface area contributed by atoms with Crippen LogP contribution in [0.1, 0.15) is 31.2 Å². The third kappa shape index (κ3) is 4.32. The van der Waals surface area contributed by atoms with Crippen molar-refractivity contribution in [2.24, 2.45) is 0 Å². The Kier molecular flexibility index (Phi) is 5.50. The smallest absolute Gasteiger partial charge is 0.303 e. The Morgan fingerprint density at radius 3 is 2.73 bits per heavy atom. The molecule has 5 heteroatoms. The Labute approximate surface area is 129 Å². The first-order chi connectivity index (χ1) is 10.7. The molecule has 0 saturated carbocycles. The number of hydrogen-bond donors (Lipinski definition) is 0. The molecule has 0 fully saturated rings. The third-order valence-electron chi connectivity index (χ3n) is 2.79. The second-order valence-electron chi connectivity index (χ2n) is 4.40. The molecule has 1 aromatic carbocycles. The van der Waals surface area contributed by atoms with E-state index in [9.17, 15) is 4.79 Å². The van der Waals surface area contributed by atoms with E-state index >= 15 is 0 Å². The molecule has 1 heterocycles. The van der Waals surface area contributed by atoms with E-state index in [1.165, 1.54) is 13.3 Å². The molecule has 1 aromatic heterocycles. The number of aromatic nitrogens is 2. The minimum absolute atomic E-state index is 0.247. The van der Waals surface area contributed by atoms with Crippen LogP contribution in [0.3, 0.4) is 0 Å². The molecule has 1 unspecified atom stereocenters. The lowest BCUT2D eigenvalue weighted by Crippen LogP contribution is -2.12. The highest BCUT2D eigenvalue weighted by molar-refractivity contribution is 5.66. The summed E-state index contributed by atoms with van der Waals surface area (Å²) in [5.41, 5.74) is 1.38. The standard InChI is InChI=1S/C17H16N2O3/c1-3-4-10-21-16-11-15(18-12-19-16)17(22-13(2)20)14-8-6-5-7-9-14/h5-9,11-12,17H,10H2,1-2H3. The molecule has 0 saturated heterocycles. The van der Waals surface area contributed by atoms with Crippen LogP contribution in [0, 0.1) is 11.8 Å². The fourth-order valence-electron chi connectivity index (χ4n) is 1.85. The zero-order valence-corrected chi connectivity index (χ0v) is 12.4. The van der Waals surface area contributed by atoms with Crippen molar-refractivity contribution in [2.45, 2.75) is 20.0 Å². The fourth-order valence-corrected chi connectivity index (χ4v) is 1.85. The van der Waals surface area contributed by atoms with Crippen LogP contribution < -0.4 is 4.74 Å². The van der Waals surface area contributed by atoms with Gasteiger partial charge in [-0.25, -0.2) is 9.97 Å². The van der Waals surface area contributed by atoms with Crippen LogP contribution in [0.4, 0.5) is 0 Å². The summed E-state index contributed by atoms with van der Waals surface area (Å²) in [7, 11) is 0. The van der Waals surface area contributed by atoms with Crippen molar-refractivity contribution < 1.29 is 14.3 Å². The van der Waals surface area contributed by atoms with Gasteiger partial charge in [-0.3, -0.25) is 4.79 Å². The average Bonchev–Trinajstić information content (AvgIpc) is 2.54. The van der Waals surface area contributed by atoms with Gasteiger partial charge in [0.25, 0.3) is 0 Å². The average molecular weight is 296 g/mol. The van der Waals surface area contributed by atoms with Crippen LogP contribution in [-0.2, 0) is 9.53 Å². The Balaban J connectivity index is 2.28. The van der Waals surface area contributed by atoms with Crippen LogP contribution >= 0.6 is 0 Å². The zero-order chi connectivity index (χ0) is 15.8. The third-order valence-corrected chi connectivity index (χ3v) is 2.79. The molecule has 0 spiro atoms. The van der Waals surface area contributed by atoms with E-state index in [4.69, 9.17) is 9.47 Å². The van der Waals surface area contributed by atoms with Gasteiger partial charge in [-0.2, -0.15) is 0 Å². The first-order valence-electron chi connectivity index (χ1n) is 6.77. The lowest BCUT2D eigenvalue weighted by molar-refractivity contribution is -0.144. The van der Waals surface area contributed by atoms with Crippen molar-refractivity contribution in [3.05, 3.63) is 54.0 Å². The van der Waals surface area contributed by atoms with Gasteiger partial charge in [0.1, 0.15) is 6.33 Å². The highest BCUT2D eigenvalue weighted by Crippen LogP contribution is 2.26. The number of carbonyl (C=O) groups is 1. The van der Waals surface area contributed by atoms with E-state index in [1.54, 1.807) is 13.0 Å². The highest BCUT2D eigenvalue weighted by Gasteiger charge is 2.19. The summed E-state index contributed by atoms with van der Waals surface area (Å²) < 4.78 is 10.8. The molecule has 2 rings (SSSR count). The van der Waals surface area contributed by atoms with Crippen molar-refractivity contribution in [3.8, 4) is 17.7 Å². The summed E-state index contributed by atoms with van der Waals surface area (Å²) in [6.07, 6.45) is 0.782. The topological polar surface area (TPSA) is 61.3 Å². The summed E-state index contributed by atoms with van der Waals surface area (Å²) in [4.78, 5) is 19.6. The largest absolute Gasteiger partial charge is 0.464 e. The molecule has 1 atom stereocenters. The molecule has 112 valence electrons. The maximum Gasteiger partial charge on any atom is 0.303 e. The predicted molar refractivity (Wildman–Crippen MR) is 81.0 cm³/mol. The normalized spacial score (nSPS) is 11.0. The maximum atomic E-state index is 11.4. The fraction of sp³-hybridized carbons (Fsp3) is 0.235. The number of rotatable bonds is 5. The second-order valence-corrected chi connectivity index (χ2v) is 4.40. The van der Waals surface area contributed by atoms with Gasteiger partial charge in [0.2, 0.25) is 5.88 Å². The summed E-state index contributed by atoms with van der Waals surface area (Å²) in [5.74, 6) is 5.54. The molecule has 2 aromatic rings. The van der Waals surface area contributed by atoms with Gasteiger partial charge in [0, 0.05) is 13.0 Å². The molecule has 0 aliphatic carbocycles. The SMILES string of the molecule is CC#CCOc1cc(C(OC(C)=O)c2ccccc2)ncn1. The van der Waals surface area contributed by atoms with E-state index in [0.29, 0.717) is 11.6 Å². The van der Waals surface area contributed by atoms with E-state index in [0.717, 1.165) is 5.56 Å². The number of esters is 1. The molecular formula is C17H16N2O3. The van der Waals surface area contributed by atoms with E-state index in [1.807, 2.05) is 30.3 Å². The van der Waals surface area contributed by atoms with Gasteiger partial charge in [-0.05, 0) is 12.5 Å². The number of hydrogen-bond acceptors (Lipinski definition) is 5. The Morgan fingerprint density at radius 2 is 2.05 bits per heavy atom. The minimum Gasteiger partial charge on any atom is -0.464 e. The Bertz CT molecular complexity index is 690. The second kappa shape index (κ2) is 7.79. The first-order valence-corrected chi connectivity index (χ1v) is 6.77. The van der Waals surface area contributed by atoms with E-state index in [2.05, 4.69) is 21.8 Å². The van der Waals surface area contributed by atoms with Crippen molar-refractivity contribution in [2.75, 3.05) is 6.61 Å². The lowest BCUT2D eigenvalue weighted by Gasteiger charge is -2.17. The molecule has 0 aliphatic heterocycles. The number of ether oxygens (including phenoxy) is 2. The molecule has 22 heavy (non-hydrogen) atoms. The zero-order valence-electron chi connectivity index (χ0n) is 12.4. The summed E-state index contributed by atoms with van der Waals surface area (Å²) in [5, 5.41) is 0. The van der Waals surface area contributed by atoms with E-state index in [-0.39, 0.29) is 12.6 Å². The predicted octanol–water partition coefficient (Wildman–Crippen LogP) is 2.53. The van der Waals surface area contributed by atoms with Gasteiger partial charge in [-0.15, -0.1) is 5.92 Å². The van der Waals surface area contributed by atoms with Crippen molar-refractivity contribution in [1.82, 2.24) is 9.97 Å². The van der Waals surface area contributed by atoms with Crippen molar-refractivity contribution in [3.63, 3.8) is 0 Å². The van der Waals surface area contributed by atoms with E-state index < -0.39 is 6.10 Å². The van der Waals surface area contributed by atoms with Gasteiger partial charge >= 0.3 is 5.97 Å². The lowest BCUT2D eigenvalue weighted by atomic mass is 10.1. The Hall–Kier alpha value is -2.87. The molecule has 0 N–H and O–H groups in total. The first kappa shape index (κ1) is 15.5. The number of benzene rings is 1. The van der Waals surface area contributed by atoms with Gasteiger partial charge in [-0.1, -0.05) is 36.3 Å². The van der Waals surface area contributed by atoms with Gasteiger partial charge < -0.3 is 9.47 Å². The summed E-state index contributed by atoms with van der Waals surface area (Å²) in [6.45, 7) is 3.35. The molecular weight excluding hydrogens is 280 g/mol. The van der Waals surface area contributed by atoms with Crippen LogP contribution in [-0.4, -0.2) is 22.5 Å². The Morgan fingerprint density at radius 1 is 1.27 bits per heavy atom. The van der Waals surface area contributed by atoms with Crippen LogP contribution in [0.15, 0.2) is 42.7 Å². The molecule has 0 radical (unpaired) electrons. The number of nitrogens with zero attached hydrogens (tertiary/aromatic N) is 2. The molecule has 0 bridgehead atoms. The number of carbonyl (C=O) groups excluding carboxylic acids is 1. The van der Waals surface area contributed by atoms with Crippen molar-refractivity contribution >= 4 is 5.97 Å². The van der Waals surface area contributed by atoms with Crippen LogP contribution in [0.5, 0.6) is 5.88 Å². The van der Waals surface area contributed by atoms with Gasteiger partial charge in [0.15, 0.2) is 12.7 Å². The maximum absolute atomic E-state index is 11.4. The van der Waals surface area contributed by atoms with Crippen LogP contribution in [0.2, 0.25) is 0 Å². The quantitative estimate of drug-likeness (QED) is 0.627. The van der Waals surface area contributed by atoms with Crippen molar-refractivity contribution in [1.29, 1.82) is 0 Å². The monoisotopic (exact) mass is 296 g/mol. The molecule has 5 nitrogen and oxygen atoms in total. The summed E-state index contributed by atoms with van der Waals surface area (Å²) in [6, 6.07) is 11.0. The molecule has 0 amide bonds. The summed E-state index contributed by atoms with van der Waals surface area (Å²) >= 11 is 0.